The number of hydrogen-bond acceptors (Lipinski definition) is 7. The van der Waals surface area contributed by atoms with Gasteiger partial charge in [0.1, 0.15) is 23.7 Å². The lowest BCUT2D eigenvalue weighted by molar-refractivity contribution is -0.581. The summed E-state index contributed by atoms with van der Waals surface area (Å²) < 4.78 is 29.6. The number of esters is 2. The SMILES string of the molecule is CCOC(=O)c1c(COC(=O)c2ccccc2F)nc2ccc(OCC)cc2[n+]1[O-]. The van der Waals surface area contributed by atoms with E-state index in [1.807, 2.05) is 0 Å². The molecule has 9 heteroatoms. The van der Waals surface area contributed by atoms with E-state index in [-0.39, 0.29) is 28.9 Å². The molecule has 0 N–H and O–H groups in total. The van der Waals surface area contributed by atoms with Crippen LogP contribution in [0.5, 0.6) is 5.75 Å². The average molecular weight is 414 g/mol. The van der Waals surface area contributed by atoms with Crippen molar-refractivity contribution in [2.24, 2.45) is 0 Å². The maximum absolute atomic E-state index is 13.8. The Morgan fingerprint density at radius 3 is 2.53 bits per heavy atom. The standard InChI is InChI=1S/C21H19FN2O6/c1-3-28-13-9-10-16-18(11-13)24(27)19(21(26)29-4-2)17(23-16)12-30-20(25)14-7-5-6-8-15(14)22/h5-11H,3-4,12H2,1-2H3. The van der Waals surface area contributed by atoms with Gasteiger partial charge in [-0.05, 0) is 38.1 Å². The number of fused-ring (bicyclic) bond motifs is 1. The van der Waals surface area contributed by atoms with Gasteiger partial charge in [-0.15, -0.1) is 0 Å². The third-order valence-electron chi connectivity index (χ3n) is 4.11. The first-order chi connectivity index (χ1) is 14.5. The topological polar surface area (TPSA) is 102 Å². The summed E-state index contributed by atoms with van der Waals surface area (Å²) in [6, 6.07) is 9.93. The van der Waals surface area contributed by atoms with Crippen molar-refractivity contribution in [3.8, 4) is 5.75 Å². The maximum Gasteiger partial charge on any atom is 0.407 e. The van der Waals surface area contributed by atoms with Crippen molar-refractivity contribution < 1.29 is 32.9 Å². The van der Waals surface area contributed by atoms with E-state index in [1.54, 1.807) is 26.0 Å². The van der Waals surface area contributed by atoms with Crippen LogP contribution in [0.2, 0.25) is 0 Å². The highest BCUT2D eigenvalue weighted by molar-refractivity contribution is 5.90. The highest BCUT2D eigenvalue weighted by Crippen LogP contribution is 2.20. The van der Waals surface area contributed by atoms with Crippen LogP contribution >= 0.6 is 0 Å². The summed E-state index contributed by atoms with van der Waals surface area (Å²) in [6.07, 6.45) is 0. The van der Waals surface area contributed by atoms with Gasteiger partial charge in [0.2, 0.25) is 5.52 Å². The van der Waals surface area contributed by atoms with Gasteiger partial charge in [0, 0.05) is 0 Å². The van der Waals surface area contributed by atoms with Crippen LogP contribution in [0.3, 0.4) is 0 Å². The van der Waals surface area contributed by atoms with Crippen molar-refractivity contribution in [1.29, 1.82) is 0 Å². The Balaban J connectivity index is 2.00. The fourth-order valence-electron chi connectivity index (χ4n) is 2.79. The summed E-state index contributed by atoms with van der Waals surface area (Å²) in [5.74, 6) is -2.18. The molecule has 0 radical (unpaired) electrons. The fourth-order valence-corrected chi connectivity index (χ4v) is 2.79. The minimum atomic E-state index is -0.950. The van der Waals surface area contributed by atoms with Crippen molar-refractivity contribution in [1.82, 2.24) is 4.98 Å². The first-order valence-electron chi connectivity index (χ1n) is 9.24. The van der Waals surface area contributed by atoms with Gasteiger partial charge in [-0.25, -0.2) is 19.0 Å². The van der Waals surface area contributed by atoms with Gasteiger partial charge >= 0.3 is 17.6 Å². The highest BCUT2D eigenvalue weighted by Gasteiger charge is 2.29. The van der Waals surface area contributed by atoms with E-state index < -0.39 is 30.1 Å². The molecule has 3 rings (SSSR count). The number of ether oxygens (including phenoxy) is 3. The molecule has 0 amide bonds. The Kier molecular flexibility index (Phi) is 6.41. The lowest BCUT2D eigenvalue weighted by Gasteiger charge is -2.12. The van der Waals surface area contributed by atoms with E-state index in [1.165, 1.54) is 24.3 Å². The maximum atomic E-state index is 13.8. The zero-order chi connectivity index (χ0) is 21.7. The second-order valence-electron chi connectivity index (χ2n) is 6.06. The van der Waals surface area contributed by atoms with E-state index in [0.717, 1.165) is 6.07 Å². The monoisotopic (exact) mass is 414 g/mol. The Morgan fingerprint density at radius 1 is 1.07 bits per heavy atom. The van der Waals surface area contributed by atoms with Crippen molar-refractivity contribution >= 4 is 23.0 Å². The number of nitrogens with zero attached hydrogens (tertiary/aromatic N) is 2. The van der Waals surface area contributed by atoms with Crippen molar-refractivity contribution in [3.63, 3.8) is 0 Å². The smallest absolute Gasteiger partial charge is 0.407 e. The van der Waals surface area contributed by atoms with Gasteiger partial charge in [-0.1, -0.05) is 12.1 Å². The van der Waals surface area contributed by atoms with Crippen LogP contribution in [-0.4, -0.2) is 30.1 Å². The van der Waals surface area contributed by atoms with Crippen molar-refractivity contribution in [2.45, 2.75) is 20.5 Å². The Labute approximate surface area is 171 Å². The van der Waals surface area contributed by atoms with Crippen LogP contribution in [0.1, 0.15) is 40.4 Å². The van der Waals surface area contributed by atoms with Crippen LogP contribution in [-0.2, 0) is 16.1 Å². The molecule has 1 heterocycles. The molecule has 0 bridgehead atoms. The van der Waals surface area contributed by atoms with E-state index >= 15 is 0 Å². The van der Waals surface area contributed by atoms with Gasteiger partial charge in [-0.2, -0.15) is 4.73 Å². The quantitative estimate of drug-likeness (QED) is 0.333. The van der Waals surface area contributed by atoms with Crippen LogP contribution in [0.25, 0.3) is 11.0 Å². The third kappa shape index (κ3) is 4.29. The second-order valence-corrected chi connectivity index (χ2v) is 6.06. The molecule has 0 aliphatic rings. The lowest BCUT2D eigenvalue weighted by atomic mass is 10.2. The zero-order valence-electron chi connectivity index (χ0n) is 16.4. The number of aromatic nitrogens is 2. The number of rotatable bonds is 7. The zero-order valence-corrected chi connectivity index (χ0v) is 16.4. The molecule has 156 valence electrons. The molecule has 2 aromatic carbocycles. The Morgan fingerprint density at radius 2 is 1.83 bits per heavy atom. The summed E-state index contributed by atoms with van der Waals surface area (Å²) in [6.45, 7) is 3.29. The molecule has 8 nitrogen and oxygen atoms in total. The molecule has 0 unspecified atom stereocenters. The molecule has 0 atom stereocenters. The fraction of sp³-hybridized carbons (Fsp3) is 0.238. The lowest BCUT2D eigenvalue weighted by Crippen LogP contribution is -2.39. The molecule has 1 aromatic heterocycles. The van der Waals surface area contributed by atoms with Gasteiger partial charge in [0.15, 0.2) is 5.69 Å². The summed E-state index contributed by atoms with van der Waals surface area (Å²) in [7, 11) is 0. The molecular weight excluding hydrogens is 395 g/mol. The number of benzene rings is 2. The summed E-state index contributed by atoms with van der Waals surface area (Å²) >= 11 is 0. The molecule has 0 aliphatic carbocycles. The van der Waals surface area contributed by atoms with Gasteiger partial charge in [0.25, 0.3) is 0 Å². The average Bonchev–Trinajstić information content (AvgIpc) is 2.73. The molecule has 0 spiro atoms. The first kappa shape index (κ1) is 21.0. The van der Waals surface area contributed by atoms with Crippen LogP contribution < -0.4 is 9.47 Å². The van der Waals surface area contributed by atoms with Gasteiger partial charge < -0.3 is 19.4 Å². The Bertz CT molecular complexity index is 1100. The largest absolute Gasteiger partial charge is 0.618 e. The number of hydrogen-bond donors (Lipinski definition) is 0. The third-order valence-corrected chi connectivity index (χ3v) is 4.11. The molecule has 0 fully saturated rings. The first-order valence-corrected chi connectivity index (χ1v) is 9.24. The van der Waals surface area contributed by atoms with Crippen molar-refractivity contribution in [2.75, 3.05) is 13.2 Å². The minimum Gasteiger partial charge on any atom is -0.618 e. The van der Waals surface area contributed by atoms with Crippen LogP contribution in [0, 0.1) is 11.0 Å². The van der Waals surface area contributed by atoms with Gasteiger partial charge in [-0.3, -0.25) is 0 Å². The normalized spacial score (nSPS) is 10.6. The molecule has 0 saturated heterocycles. The van der Waals surface area contributed by atoms with E-state index in [9.17, 15) is 19.2 Å². The minimum absolute atomic E-state index is 0.0321. The molecule has 0 aliphatic heterocycles. The molecule has 30 heavy (non-hydrogen) atoms. The summed E-state index contributed by atoms with van der Waals surface area (Å²) in [5, 5.41) is 12.9. The van der Waals surface area contributed by atoms with E-state index in [4.69, 9.17) is 14.2 Å². The van der Waals surface area contributed by atoms with Gasteiger partial charge in [0.05, 0.1) is 24.8 Å². The highest BCUT2D eigenvalue weighted by atomic mass is 19.1. The number of carbonyl (C=O) groups excluding carboxylic acids is 2. The van der Waals surface area contributed by atoms with Crippen LogP contribution in [0.4, 0.5) is 4.39 Å². The predicted molar refractivity (Wildman–Crippen MR) is 103 cm³/mol. The number of carbonyl (C=O) groups is 2. The van der Waals surface area contributed by atoms with E-state index in [0.29, 0.717) is 17.1 Å². The van der Waals surface area contributed by atoms with E-state index in [2.05, 4.69) is 4.98 Å². The molecular formula is C21H19FN2O6. The Hall–Kier alpha value is -3.75. The predicted octanol–water partition coefficient (Wildman–Crippen LogP) is 2.94. The number of halogens is 1. The summed E-state index contributed by atoms with van der Waals surface area (Å²) in [5.41, 5.74) is -0.442. The van der Waals surface area contributed by atoms with Crippen molar-refractivity contribution in [3.05, 3.63) is 70.4 Å². The molecule has 3 aromatic rings. The molecule has 0 saturated carbocycles. The second kappa shape index (κ2) is 9.17. The van der Waals surface area contributed by atoms with Crippen LogP contribution in [0.15, 0.2) is 42.5 Å². The summed E-state index contributed by atoms with van der Waals surface area (Å²) in [4.78, 5) is 28.9.